The molecule has 0 N–H and O–H groups in total. The molecule has 108 valence electrons. The maximum atomic E-state index is 4.55. The van der Waals surface area contributed by atoms with Gasteiger partial charge < -0.3 is 0 Å². The lowest BCUT2D eigenvalue weighted by Gasteiger charge is -2.00. The summed E-state index contributed by atoms with van der Waals surface area (Å²) in [7, 11) is 0. The Morgan fingerprint density at radius 2 is 1.80 bits per heavy atom. The SMILES string of the molecule is CCCCCCc1ccc(-c2ccc(CCC)nc2)s1. The van der Waals surface area contributed by atoms with Gasteiger partial charge in [-0.15, -0.1) is 11.3 Å². The zero-order chi connectivity index (χ0) is 14.2. The van der Waals surface area contributed by atoms with Crippen LogP contribution in [-0.2, 0) is 12.8 Å². The predicted molar refractivity (Wildman–Crippen MR) is 89.4 cm³/mol. The van der Waals surface area contributed by atoms with Crippen molar-refractivity contribution in [2.45, 2.75) is 58.8 Å². The van der Waals surface area contributed by atoms with Crippen LogP contribution < -0.4 is 0 Å². The molecule has 2 heteroatoms. The average Bonchev–Trinajstić information content (AvgIpc) is 2.94. The fraction of sp³-hybridized carbons (Fsp3) is 0.500. The average molecular weight is 287 g/mol. The molecule has 0 fully saturated rings. The third kappa shape index (κ3) is 4.45. The Morgan fingerprint density at radius 1 is 0.900 bits per heavy atom. The Hall–Kier alpha value is -1.15. The van der Waals surface area contributed by atoms with Crippen LogP contribution in [0.1, 0.15) is 56.5 Å². The first-order chi connectivity index (χ1) is 9.83. The number of pyridine rings is 1. The minimum atomic E-state index is 1.08. The normalized spacial score (nSPS) is 10.9. The van der Waals surface area contributed by atoms with E-state index in [1.54, 1.807) is 0 Å². The molecule has 0 saturated heterocycles. The summed E-state index contributed by atoms with van der Waals surface area (Å²) < 4.78 is 0. The molecule has 0 spiro atoms. The van der Waals surface area contributed by atoms with E-state index in [-0.39, 0.29) is 0 Å². The molecule has 1 nitrogen and oxygen atoms in total. The van der Waals surface area contributed by atoms with Crippen LogP contribution in [-0.4, -0.2) is 4.98 Å². The highest BCUT2D eigenvalue weighted by Gasteiger charge is 2.04. The van der Waals surface area contributed by atoms with E-state index in [1.807, 2.05) is 17.5 Å². The molecule has 0 aliphatic rings. The number of thiophene rings is 1. The molecule has 2 heterocycles. The topological polar surface area (TPSA) is 12.9 Å². The number of hydrogen-bond donors (Lipinski definition) is 0. The number of hydrogen-bond acceptors (Lipinski definition) is 2. The van der Waals surface area contributed by atoms with E-state index in [0.29, 0.717) is 0 Å². The predicted octanol–water partition coefficient (Wildman–Crippen LogP) is 5.89. The standard InChI is InChI=1S/C18H25NS/c1-3-5-6-7-9-17-12-13-18(20-17)15-10-11-16(8-4-2)19-14-15/h10-14H,3-9H2,1-2H3. The summed E-state index contributed by atoms with van der Waals surface area (Å²) in [6.07, 6.45) is 10.8. The molecule has 0 saturated carbocycles. The van der Waals surface area contributed by atoms with Crippen molar-refractivity contribution in [1.29, 1.82) is 0 Å². The molecule has 0 aliphatic heterocycles. The van der Waals surface area contributed by atoms with E-state index in [4.69, 9.17) is 0 Å². The molecule has 2 aromatic heterocycles. The van der Waals surface area contributed by atoms with Crippen molar-refractivity contribution < 1.29 is 0 Å². The summed E-state index contributed by atoms with van der Waals surface area (Å²) in [4.78, 5) is 7.41. The molecule has 0 aliphatic carbocycles. The van der Waals surface area contributed by atoms with Gasteiger partial charge in [0.15, 0.2) is 0 Å². The van der Waals surface area contributed by atoms with E-state index in [1.165, 1.54) is 53.1 Å². The Labute approximate surface area is 127 Å². The molecule has 0 atom stereocenters. The molecule has 0 unspecified atom stereocenters. The highest BCUT2D eigenvalue weighted by atomic mass is 32.1. The fourth-order valence-electron chi connectivity index (χ4n) is 2.37. The first kappa shape index (κ1) is 15.2. The summed E-state index contributed by atoms with van der Waals surface area (Å²) in [5.74, 6) is 0. The van der Waals surface area contributed by atoms with Gasteiger partial charge in [0.2, 0.25) is 0 Å². The second-order valence-corrected chi connectivity index (χ2v) is 6.53. The van der Waals surface area contributed by atoms with E-state index in [2.05, 4.69) is 43.1 Å². The van der Waals surface area contributed by atoms with Gasteiger partial charge in [-0.1, -0.05) is 45.6 Å². The zero-order valence-electron chi connectivity index (χ0n) is 12.7. The molecule has 20 heavy (non-hydrogen) atoms. The monoisotopic (exact) mass is 287 g/mol. The van der Waals surface area contributed by atoms with Crippen molar-refractivity contribution in [3.05, 3.63) is 41.0 Å². The van der Waals surface area contributed by atoms with Crippen LogP contribution in [0, 0.1) is 0 Å². The van der Waals surface area contributed by atoms with Gasteiger partial charge >= 0.3 is 0 Å². The summed E-state index contributed by atoms with van der Waals surface area (Å²) in [6, 6.07) is 8.91. The van der Waals surface area contributed by atoms with Crippen LogP contribution in [0.5, 0.6) is 0 Å². The van der Waals surface area contributed by atoms with Crippen molar-refractivity contribution in [3.63, 3.8) is 0 Å². The maximum absolute atomic E-state index is 4.55. The minimum absolute atomic E-state index is 1.08. The van der Waals surface area contributed by atoms with Crippen LogP contribution in [0.3, 0.4) is 0 Å². The third-order valence-electron chi connectivity index (χ3n) is 3.55. The second kappa shape index (κ2) is 8.21. The lowest BCUT2D eigenvalue weighted by atomic mass is 10.1. The smallest absolute Gasteiger partial charge is 0.0403 e. The number of aromatic nitrogens is 1. The van der Waals surface area contributed by atoms with Crippen molar-refractivity contribution in [1.82, 2.24) is 4.98 Å². The highest BCUT2D eigenvalue weighted by molar-refractivity contribution is 7.15. The van der Waals surface area contributed by atoms with Gasteiger partial charge in [0.05, 0.1) is 0 Å². The van der Waals surface area contributed by atoms with Gasteiger partial charge in [0, 0.05) is 27.2 Å². The van der Waals surface area contributed by atoms with Crippen LogP contribution in [0.2, 0.25) is 0 Å². The number of rotatable bonds is 8. The molecule has 0 aromatic carbocycles. The zero-order valence-corrected chi connectivity index (χ0v) is 13.5. The second-order valence-electron chi connectivity index (χ2n) is 5.36. The van der Waals surface area contributed by atoms with Gasteiger partial charge in [-0.05, 0) is 37.5 Å². The Morgan fingerprint density at radius 3 is 2.50 bits per heavy atom. The van der Waals surface area contributed by atoms with Gasteiger partial charge in [-0.2, -0.15) is 0 Å². The molecule has 2 rings (SSSR count). The van der Waals surface area contributed by atoms with Gasteiger partial charge in [0.1, 0.15) is 0 Å². The van der Waals surface area contributed by atoms with E-state index in [0.717, 1.165) is 12.8 Å². The summed E-state index contributed by atoms with van der Waals surface area (Å²) in [5.41, 5.74) is 2.46. The minimum Gasteiger partial charge on any atom is -0.261 e. The molecule has 0 amide bonds. The van der Waals surface area contributed by atoms with Crippen molar-refractivity contribution in [2.24, 2.45) is 0 Å². The van der Waals surface area contributed by atoms with Crippen molar-refractivity contribution in [2.75, 3.05) is 0 Å². The molecule has 0 radical (unpaired) electrons. The Balaban J connectivity index is 1.93. The third-order valence-corrected chi connectivity index (χ3v) is 4.75. The van der Waals surface area contributed by atoms with Gasteiger partial charge in [-0.3, -0.25) is 4.98 Å². The number of aryl methyl sites for hydroxylation is 2. The quantitative estimate of drug-likeness (QED) is 0.552. The molecular weight excluding hydrogens is 262 g/mol. The first-order valence-corrected chi connectivity index (χ1v) is 8.69. The van der Waals surface area contributed by atoms with E-state index >= 15 is 0 Å². The van der Waals surface area contributed by atoms with Crippen molar-refractivity contribution in [3.8, 4) is 10.4 Å². The first-order valence-electron chi connectivity index (χ1n) is 7.87. The summed E-state index contributed by atoms with van der Waals surface area (Å²) >= 11 is 1.92. The van der Waals surface area contributed by atoms with Gasteiger partial charge in [-0.25, -0.2) is 0 Å². The number of nitrogens with zero attached hydrogens (tertiary/aromatic N) is 1. The maximum Gasteiger partial charge on any atom is 0.0403 e. The Bertz CT molecular complexity index is 498. The molecule has 0 bridgehead atoms. The largest absolute Gasteiger partial charge is 0.261 e. The van der Waals surface area contributed by atoms with Crippen LogP contribution in [0.4, 0.5) is 0 Å². The van der Waals surface area contributed by atoms with Crippen LogP contribution >= 0.6 is 11.3 Å². The van der Waals surface area contributed by atoms with Crippen LogP contribution in [0.15, 0.2) is 30.5 Å². The molecule has 2 aromatic rings. The molecular formula is C18H25NS. The number of unbranched alkanes of at least 4 members (excludes halogenated alkanes) is 3. The van der Waals surface area contributed by atoms with Gasteiger partial charge in [0.25, 0.3) is 0 Å². The van der Waals surface area contributed by atoms with Crippen molar-refractivity contribution >= 4 is 11.3 Å². The summed E-state index contributed by atoms with van der Waals surface area (Å²) in [5, 5.41) is 0. The van der Waals surface area contributed by atoms with E-state index < -0.39 is 0 Å². The Kier molecular flexibility index (Phi) is 6.25. The highest BCUT2D eigenvalue weighted by Crippen LogP contribution is 2.28. The fourth-order valence-corrected chi connectivity index (χ4v) is 3.41. The van der Waals surface area contributed by atoms with E-state index in [9.17, 15) is 0 Å². The van der Waals surface area contributed by atoms with Crippen LogP contribution in [0.25, 0.3) is 10.4 Å². The lowest BCUT2D eigenvalue weighted by molar-refractivity contribution is 0.670. The summed E-state index contributed by atoms with van der Waals surface area (Å²) in [6.45, 7) is 4.46. The lowest BCUT2D eigenvalue weighted by Crippen LogP contribution is -1.87.